The minimum absolute atomic E-state index is 0.267. The predicted molar refractivity (Wildman–Crippen MR) is 93.7 cm³/mol. The molecule has 2 amide bonds. The lowest BCUT2D eigenvalue weighted by molar-refractivity contribution is -0.117. The molecule has 2 rings (SSSR count). The van der Waals surface area contributed by atoms with Crippen LogP contribution in [-0.4, -0.2) is 30.7 Å². The van der Waals surface area contributed by atoms with E-state index in [1.165, 1.54) is 6.92 Å². The molecule has 1 aliphatic heterocycles. The Morgan fingerprint density at radius 1 is 1.48 bits per heavy atom. The number of thioether (sulfide) groups is 1. The molecule has 0 atom stereocenters. The Labute approximate surface area is 146 Å². The lowest BCUT2D eigenvalue weighted by atomic mass is 10.2. The van der Waals surface area contributed by atoms with Crippen molar-refractivity contribution in [2.45, 2.75) is 13.8 Å². The Morgan fingerprint density at radius 3 is 2.83 bits per heavy atom. The van der Waals surface area contributed by atoms with Crippen molar-refractivity contribution in [2.75, 3.05) is 13.7 Å². The second kappa shape index (κ2) is 7.65. The van der Waals surface area contributed by atoms with E-state index < -0.39 is 0 Å². The molecule has 1 aliphatic rings. The fourth-order valence-corrected chi connectivity index (χ4v) is 3.38. The molecule has 23 heavy (non-hydrogen) atoms. The lowest BCUT2D eigenvalue weighted by Gasteiger charge is -2.12. The van der Waals surface area contributed by atoms with Crippen LogP contribution in [0.25, 0.3) is 6.08 Å². The van der Waals surface area contributed by atoms with Gasteiger partial charge < -0.3 is 14.8 Å². The third kappa shape index (κ3) is 4.35. The number of aliphatic imine (C=N–C) groups is 1. The van der Waals surface area contributed by atoms with Gasteiger partial charge >= 0.3 is 0 Å². The average Bonchev–Trinajstić information content (AvgIpc) is 2.78. The molecule has 1 heterocycles. The minimum atomic E-state index is -0.386. The molecule has 1 aromatic rings. The summed E-state index contributed by atoms with van der Waals surface area (Å²) in [4.78, 5) is 27.1. The maximum Gasteiger partial charge on any atom is 0.286 e. The maximum absolute atomic E-state index is 11.9. The molecule has 1 aromatic carbocycles. The number of carbonyl (C=O) groups excluding carboxylic acids is 2. The predicted octanol–water partition coefficient (Wildman–Crippen LogP) is 2.96. The third-order valence-corrected chi connectivity index (χ3v) is 4.23. The summed E-state index contributed by atoms with van der Waals surface area (Å²) < 4.78 is 11.6. The number of benzene rings is 1. The summed E-state index contributed by atoms with van der Waals surface area (Å²) in [5, 5.41) is 2.79. The normalized spacial score (nSPS) is 15.6. The first-order chi connectivity index (χ1) is 10.9. The van der Waals surface area contributed by atoms with Crippen LogP contribution in [0.4, 0.5) is 0 Å². The molecule has 122 valence electrons. The zero-order valence-corrected chi connectivity index (χ0v) is 15.2. The SMILES string of the molecule is CCOc1cc(/C=C2\SC(NC(C)=O)=NC2=O)cc(Br)c1OC. The van der Waals surface area contributed by atoms with Crippen LogP contribution in [0.5, 0.6) is 11.5 Å². The van der Waals surface area contributed by atoms with Crippen LogP contribution in [0.3, 0.4) is 0 Å². The first kappa shape index (κ1) is 17.6. The number of carbonyl (C=O) groups is 2. The van der Waals surface area contributed by atoms with Gasteiger partial charge in [0.15, 0.2) is 16.7 Å². The maximum atomic E-state index is 11.9. The molecule has 0 aromatic heterocycles. The van der Waals surface area contributed by atoms with E-state index in [0.29, 0.717) is 23.0 Å². The summed E-state index contributed by atoms with van der Waals surface area (Å²) in [7, 11) is 1.56. The van der Waals surface area contributed by atoms with E-state index in [-0.39, 0.29) is 17.0 Å². The molecule has 1 N–H and O–H groups in total. The molecule has 0 radical (unpaired) electrons. The molecule has 0 saturated carbocycles. The monoisotopic (exact) mass is 398 g/mol. The highest BCUT2D eigenvalue weighted by Crippen LogP contribution is 2.38. The molecule has 0 fully saturated rings. The summed E-state index contributed by atoms with van der Waals surface area (Å²) in [6.45, 7) is 3.74. The van der Waals surface area contributed by atoms with E-state index >= 15 is 0 Å². The number of amidine groups is 1. The highest BCUT2D eigenvalue weighted by Gasteiger charge is 2.23. The van der Waals surface area contributed by atoms with Gasteiger partial charge in [-0.25, -0.2) is 0 Å². The number of methoxy groups -OCH3 is 1. The Hall–Kier alpha value is -1.80. The fourth-order valence-electron chi connectivity index (χ4n) is 1.90. The van der Waals surface area contributed by atoms with Crippen molar-refractivity contribution in [3.8, 4) is 11.5 Å². The van der Waals surface area contributed by atoms with Crippen molar-refractivity contribution in [3.63, 3.8) is 0 Å². The van der Waals surface area contributed by atoms with Gasteiger partial charge in [0, 0.05) is 6.92 Å². The van der Waals surface area contributed by atoms with Crippen LogP contribution >= 0.6 is 27.7 Å². The summed E-state index contributed by atoms with van der Waals surface area (Å²) in [5.74, 6) is 0.518. The second-order valence-corrected chi connectivity index (χ2v) is 6.37. The zero-order chi connectivity index (χ0) is 17.0. The van der Waals surface area contributed by atoms with E-state index in [2.05, 4.69) is 26.2 Å². The van der Waals surface area contributed by atoms with Gasteiger partial charge in [-0.05, 0) is 58.4 Å². The van der Waals surface area contributed by atoms with Crippen molar-refractivity contribution < 1.29 is 19.1 Å². The van der Waals surface area contributed by atoms with Gasteiger partial charge in [0.1, 0.15) is 0 Å². The van der Waals surface area contributed by atoms with Crippen molar-refractivity contribution in [2.24, 2.45) is 4.99 Å². The van der Waals surface area contributed by atoms with Crippen molar-refractivity contribution >= 4 is 50.7 Å². The summed E-state index contributed by atoms with van der Waals surface area (Å²) >= 11 is 4.54. The topological polar surface area (TPSA) is 77.0 Å². The number of halogens is 1. The van der Waals surface area contributed by atoms with Crippen LogP contribution < -0.4 is 14.8 Å². The van der Waals surface area contributed by atoms with Crippen LogP contribution in [0, 0.1) is 0 Å². The summed E-state index contributed by atoms with van der Waals surface area (Å²) in [5.41, 5.74) is 0.760. The second-order valence-electron chi connectivity index (χ2n) is 4.48. The molecule has 0 aliphatic carbocycles. The van der Waals surface area contributed by atoms with Crippen molar-refractivity contribution in [1.29, 1.82) is 0 Å². The van der Waals surface area contributed by atoms with Crippen LogP contribution in [-0.2, 0) is 9.59 Å². The van der Waals surface area contributed by atoms with E-state index in [1.54, 1.807) is 19.3 Å². The molecule has 0 unspecified atom stereocenters. The number of hydrogen-bond acceptors (Lipinski definition) is 5. The minimum Gasteiger partial charge on any atom is -0.492 e. The molecule has 8 heteroatoms. The third-order valence-electron chi connectivity index (χ3n) is 2.74. The first-order valence-corrected chi connectivity index (χ1v) is 8.36. The smallest absolute Gasteiger partial charge is 0.286 e. The van der Waals surface area contributed by atoms with Crippen molar-refractivity contribution in [3.05, 3.63) is 27.1 Å². The van der Waals surface area contributed by atoms with E-state index in [9.17, 15) is 9.59 Å². The van der Waals surface area contributed by atoms with Gasteiger partial charge in [-0.1, -0.05) is 0 Å². The number of ether oxygens (including phenoxy) is 2. The Balaban J connectivity index is 2.30. The summed E-state index contributed by atoms with van der Waals surface area (Å²) in [6.07, 6.45) is 1.69. The van der Waals surface area contributed by atoms with Gasteiger partial charge in [-0.15, -0.1) is 0 Å². The van der Waals surface area contributed by atoms with E-state index in [4.69, 9.17) is 9.47 Å². The molecular weight excluding hydrogens is 384 g/mol. The van der Waals surface area contributed by atoms with Crippen LogP contribution in [0.1, 0.15) is 19.4 Å². The van der Waals surface area contributed by atoms with Gasteiger partial charge in [0.05, 0.1) is 23.1 Å². The highest BCUT2D eigenvalue weighted by atomic mass is 79.9. The molecule has 0 spiro atoms. The van der Waals surface area contributed by atoms with E-state index in [1.807, 2.05) is 13.0 Å². The fraction of sp³-hybridized carbons (Fsp3) is 0.267. The number of rotatable bonds is 4. The quantitative estimate of drug-likeness (QED) is 0.788. The molecule has 0 saturated heterocycles. The van der Waals surface area contributed by atoms with Gasteiger partial charge in [-0.2, -0.15) is 4.99 Å². The molecular formula is C15H15BrN2O4S. The standard InChI is InChI=1S/C15H15BrN2O4S/c1-4-22-11-6-9(5-10(16)13(11)21-3)7-12-14(20)18-15(23-12)17-8(2)19/h5-7H,4H2,1-3H3,(H,17,18,19,20)/b12-7-. The zero-order valence-electron chi connectivity index (χ0n) is 12.8. The average molecular weight is 399 g/mol. The lowest BCUT2D eigenvalue weighted by Crippen LogP contribution is -2.23. The highest BCUT2D eigenvalue weighted by molar-refractivity contribution is 9.10. The van der Waals surface area contributed by atoms with Gasteiger partial charge in [0.25, 0.3) is 5.91 Å². The first-order valence-electron chi connectivity index (χ1n) is 6.75. The number of nitrogens with one attached hydrogen (secondary N) is 1. The Kier molecular flexibility index (Phi) is 5.84. The van der Waals surface area contributed by atoms with E-state index in [0.717, 1.165) is 21.8 Å². The molecule has 6 nitrogen and oxygen atoms in total. The van der Waals surface area contributed by atoms with Gasteiger partial charge in [0.2, 0.25) is 5.91 Å². The Bertz CT molecular complexity index is 716. The summed E-state index contributed by atoms with van der Waals surface area (Å²) in [6, 6.07) is 3.60. The molecule has 0 bridgehead atoms. The van der Waals surface area contributed by atoms with Crippen molar-refractivity contribution in [1.82, 2.24) is 5.32 Å². The van der Waals surface area contributed by atoms with Gasteiger partial charge in [-0.3, -0.25) is 9.59 Å². The van der Waals surface area contributed by atoms with Crippen LogP contribution in [0.15, 0.2) is 26.5 Å². The number of amides is 2. The Morgan fingerprint density at radius 2 is 2.22 bits per heavy atom. The largest absolute Gasteiger partial charge is 0.492 e. The number of hydrogen-bond donors (Lipinski definition) is 1. The van der Waals surface area contributed by atoms with Crippen LogP contribution in [0.2, 0.25) is 0 Å². The number of nitrogens with zero attached hydrogens (tertiary/aromatic N) is 1.